The van der Waals surface area contributed by atoms with Crippen molar-refractivity contribution in [3.05, 3.63) is 34.3 Å². The van der Waals surface area contributed by atoms with Gasteiger partial charge in [-0.25, -0.2) is 0 Å². The smallest absolute Gasteiger partial charge is 0.373 e. The van der Waals surface area contributed by atoms with E-state index in [4.69, 9.17) is 21.1 Å². The Kier molecular flexibility index (Phi) is 5.96. The van der Waals surface area contributed by atoms with E-state index in [0.717, 1.165) is 12.1 Å². The lowest BCUT2D eigenvalue weighted by Crippen LogP contribution is -2.62. The van der Waals surface area contributed by atoms with Gasteiger partial charge in [-0.05, 0) is 37.0 Å². The molecule has 6 nitrogen and oxygen atoms in total. The van der Waals surface area contributed by atoms with E-state index in [1.54, 1.807) is 4.90 Å². The largest absolute Gasteiger partial charge is 0.416 e. The van der Waals surface area contributed by atoms with Gasteiger partial charge in [-0.3, -0.25) is 9.59 Å². The molecule has 0 aromatic heterocycles. The molecule has 3 aliphatic rings. The van der Waals surface area contributed by atoms with Crippen LogP contribution in [0.15, 0.2) is 18.2 Å². The van der Waals surface area contributed by atoms with Gasteiger partial charge in [0, 0.05) is 24.0 Å². The summed E-state index contributed by atoms with van der Waals surface area (Å²) >= 11 is 5.95. The summed E-state index contributed by atoms with van der Waals surface area (Å²) in [7, 11) is 0. The van der Waals surface area contributed by atoms with Gasteiger partial charge in [-0.2, -0.15) is 13.2 Å². The number of fused-ring (bicyclic) bond motifs is 1. The maximum Gasteiger partial charge on any atom is 0.416 e. The number of carbonyl (C=O) groups excluding carboxylic acids is 2. The minimum atomic E-state index is -4.44. The van der Waals surface area contributed by atoms with Gasteiger partial charge >= 0.3 is 6.18 Å². The lowest BCUT2D eigenvalue weighted by Gasteiger charge is -2.44. The van der Waals surface area contributed by atoms with Crippen LogP contribution >= 0.6 is 11.6 Å². The molecule has 0 unspecified atom stereocenters. The van der Waals surface area contributed by atoms with Crippen LogP contribution in [0.3, 0.4) is 0 Å². The second kappa shape index (κ2) is 8.36. The average molecular weight is 447 g/mol. The fraction of sp³-hybridized carbons (Fsp3) is 0.600. The molecule has 1 aromatic carbocycles. The Hall–Kier alpha value is -1.84. The van der Waals surface area contributed by atoms with Crippen molar-refractivity contribution in [1.29, 1.82) is 0 Å². The van der Waals surface area contributed by atoms with Crippen molar-refractivity contribution < 1.29 is 32.2 Å². The maximum atomic E-state index is 12.7. The van der Waals surface area contributed by atoms with Crippen LogP contribution < -0.4 is 5.32 Å². The first-order valence-electron chi connectivity index (χ1n) is 9.87. The number of piperidine rings is 1. The first-order valence-corrected chi connectivity index (χ1v) is 10.3. The summed E-state index contributed by atoms with van der Waals surface area (Å²) in [5.41, 5.74) is -0.316. The molecule has 4 rings (SSSR count). The number of nitrogens with zero attached hydrogens (tertiary/aromatic N) is 1. The Morgan fingerprint density at radius 2 is 2.10 bits per heavy atom. The van der Waals surface area contributed by atoms with Crippen molar-refractivity contribution in [2.45, 2.75) is 50.3 Å². The standard InChI is InChI=1S/C20H22ClF3N2O4/c21-15-7-13(20(22,23)24)2-1-11(15)9-29-14-5-12(6-14)19(28)26-4-3-17-16(8-26)25-18(27)10-30-17/h1-2,7,12,14,16-17H,3-6,8-10H2,(H,25,27)/t12?,14?,16-,17+/m1/s1. The van der Waals surface area contributed by atoms with E-state index in [9.17, 15) is 22.8 Å². The number of carbonyl (C=O) groups is 2. The third-order valence-corrected chi connectivity index (χ3v) is 6.29. The second-order valence-electron chi connectivity index (χ2n) is 8.00. The number of hydrogen-bond acceptors (Lipinski definition) is 4. The van der Waals surface area contributed by atoms with Crippen LogP contribution in [0.5, 0.6) is 0 Å². The van der Waals surface area contributed by atoms with Crippen molar-refractivity contribution in [1.82, 2.24) is 10.2 Å². The van der Waals surface area contributed by atoms with E-state index in [0.29, 0.717) is 37.9 Å². The van der Waals surface area contributed by atoms with Crippen LogP contribution in [0.4, 0.5) is 13.2 Å². The first kappa shape index (κ1) is 21.4. The highest BCUT2D eigenvalue weighted by atomic mass is 35.5. The van der Waals surface area contributed by atoms with E-state index in [1.165, 1.54) is 6.07 Å². The van der Waals surface area contributed by atoms with Crippen molar-refractivity contribution >= 4 is 23.4 Å². The number of benzene rings is 1. The summed E-state index contributed by atoms with van der Waals surface area (Å²) in [6.45, 7) is 1.20. The Labute approximate surface area is 176 Å². The number of rotatable bonds is 4. The molecule has 0 bridgehead atoms. The van der Waals surface area contributed by atoms with Gasteiger partial charge in [0.25, 0.3) is 0 Å². The molecule has 0 radical (unpaired) electrons. The van der Waals surface area contributed by atoms with Crippen LogP contribution in [-0.2, 0) is 31.8 Å². The number of halogens is 4. The van der Waals surface area contributed by atoms with Crippen LogP contribution in [0, 0.1) is 5.92 Å². The van der Waals surface area contributed by atoms with Crippen LogP contribution in [-0.4, -0.2) is 54.7 Å². The molecular weight excluding hydrogens is 425 g/mol. The third kappa shape index (κ3) is 4.58. The molecule has 1 saturated carbocycles. The summed E-state index contributed by atoms with van der Waals surface area (Å²) in [4.78, 5) is 26.0. The zero-order valence-corrected chi connectivity index (χ0v) is 16.8. The topological polar surface area (TPSA) is 67.9 Å². The molecule has 10 heteroatoms. The molecule has 2 aliphatic heterocycles. The number of hydrogen-bond donors (Lipinski definition) is 1. The van der Waals surface area contributed by atoms with Crippen molar-refractivity contribution in [2.24, 2.45) is 5.92 Å². The molecule has 2 amide bonds. The van der Waals surface area contributed by atoms with E-state index >= 15 is 0 Å². The van der Waals surface area contributed by atoms with Crippen molar-refractivity contribution in [2.75, 3.05) is 19.7 Å². The quantitative estimate of drug-likeness (QED) is 0.772. The summed E-state index contributed by atoms with van der Waals surface area (Å²) < 4.78 is 49.4. The highest BCUT2D eigenvalue weighted by molar-refractivity contribution is 6.31. The van der Waals surface area contributed by atoms with Gasteiger partial charge in [0.2, 0.25) is 11.8 Å². The monoisotopic (exact) mass is 446 g/mol. The van der Waals surface area contributed by atoms with Gasteiger partial charge in [0.15, 0.2) is 0 Å². The average Bonchev–Trinajstić information content (AvgIpc) is 2.66. The number of amides is 2. The molecule has 164 valence electrons. The molecule has 2 atom stereocenters. The number of likely N-dealkylation sites (tertiary alicyclic amines) is 1. The summed E-state index contributed by atoms with van der Waals surface area (Å²) in [5, 5.41) is 2.89. The van der Waals surface area contributed by atoms with E-state index in [2.05, 4.69) is 5.32 Å². The third-order valence-electron chi connectivity index (χ3n) is 5.93. The summed E-state index contributed by atoms with van der Waals surface area (Å²) in [6.07, 6.45) is -2.80. The maximum absolute atomic E-state index is 12.7. The SMILES string of the molecule is O=C1CO[C@H]2CCN(C(=O)C3CC(OCc4ccc(C(F)(F)F)cc4Cl)C3)C[C@H]2N1. The van der Waals surface area contributed by atoms with E-state index < -0.39 is 11.7 Å². The van der Waals surface area contributed by atoms with Crippen molar-refractivity contribution in [3.8, 4) is 0 Å². The van der Waals surface area contributed by atoms with Gasteiger partial charge < -0.3 is 19.7 Å². The van der Waals surface area contributed by atoms with Gasteiger partial charge in [-0.15, -0.1) is 0 Å². The molecular formula is C20H22ClF3N2O4. The van der Waals surface area contributed by atoms with Crippen LogP contribution in [0.25, 0.3) is 0 Å². The summed E-state index contributed by atoms with van der Waals surface area (Å²) in [5.74, 6) is -0.264. The summed E-state index contributed by atoms with van der Waals surface area (Å²) in [6, 6.07) is 3.02. The predicted octanol–water partition coefficient (Wildman–Crippen LogP) is 2.77. The lowest BCUT2D eigenvalue weighted by molar-refractivity contribution is -0.154. The van der Waals surface area contributed by atoms with E-state index in [1.807, 2.05) is 0 Å². The van der Waals surface area contributed by atoms with Gasteiger partial charge in [0.05, 0.1) is 30.4 Å². The molecule has 3 fully saturated rings. The molecule has 1 aliphatic carbocycles. The zero-order valence-electron chi connectivity index (χ0n) is 16.1. The zero-order chi connectivity index (χ0) is 21.5. The first-order chi connectivity index (χ1) is 14.2. The van der Waals surface area contributed by atoms with Gasteiger partial charge in [0.1, 0.15) is 6.61 Å². The number of alkyl halides is 3. The molecule has 2 heterocycles. The van der Waals surface area contributed by atoms with Gasteiger partial charge in [-0.1, -0.05) is 17.7 Å². The number of nitrogens with one attached hydrogen (secondary N) is 1. The minimum absolute atomic E-state index is 0.0105. The van der Waals surface area contributed by atoms with E-state index in [-0.39, 0.29) is 54.2 Å². The highest BCUT2D eigenvalue weighted by Gasteiger charge is 2.42. The van der Waals surface area contributed by atoms with Crippen LogP contribution in [0.1, 0.15) is 30.4 Å². The fourth-order valence-electron chi connectivity index (χ4n) is 4.11. The normalized spacial score (nSPS) is 29.1. The predicted molar refractivity (Wildman–Crippen MR) is 101 cm³/mol. The molecule has 0 spiro atoms. The van der Waals surface area contributed by atoms with Crippen LogP contribution in [0.2, 0.25) is 5.02 Å². The number of morpholine rings is 1. The number of ether oxygens (including phenoxy) is 2. The second-order valence-corrected chi connectivity index (χ2v) is 8.41. The lowest BCUT2D eigenvalue weighted by atomic mass is 9.80. The highest BCUT2D eigenvalue weighted by Crippen LogP contribution is 2.35. The Morgan fingerprint density at radius 3 is 2.80 bits per heavy atom. The Morgan fingerprint density at radius 1 is 1.33 bits per heavy atom. The molecule has 1 aromatic rings. The molecule has 2 saturated heterocycles. The molecule has 30 heavy (non-hydrogen) atoms. The fourth-order valence-corrected chi connectivity index (χ4v) is 4.34. The Bertz CT molecular complexity index is 829. The minimum Gasteiger partial charge on any atom is -0.373 e. The molecule has 1 N–H and O–H groups in total. The van der Waals surface area contributed by atoms with Crippen molar-refractivity contribution in [3.63, 3.8) is 0 Å². The Balaban J connectivity index is 1.23.